The summed E-state index contributed by atoms with van der Waals surface area (Å²) in [6, 6.07) is -0.681. The monoisotopic (exact) mass is 226 g/mol. The summed E-state index contributed by atoms with van der Waals surface area (Å²) in [5.74, 6) is -0.872. The minimum Gasteiger partial charge on any atom is -0.480 e. The fourth-order valence-corrected chi connectivity index (χ4v) is 2.52. The lowest BCUT2D eigenvalue weighted by atomic mass is 10.1. The number of piperidine rings is 1. The maximum absolute atomic E-state index is 12.1. The number of nitrogens with zero attached hydrogens (tertiary/aromatic N) is 2. The van der Waals surface area contributed by atoms with Crippen LogP contribution in [0.25, 0.3) is 0 Å². The van der Waals surface area contributed by atoms with Crippen LogP contribution in [0.3, 0.4) is 0 Å². The topological polar surface area (TPSA) is 60.9 Å². The van der Waals surface area contributed by atoms with E-state index in [0.29, 0.717) is 13.0 Å². The lowest BCUT2D eigenvalue weighted by molar-refractivity contribution is -0.141. The molecule has 2 aliphatic rings. The molecule has 2 amide bonds. The van der Waals surface area contributed by atoms with Gasteiger partial charge in [0.05, 0.1) is 0 Å². The Bertz CT molecular complexity index is 287. The lowest BCUT2D eigenvalue weighted by Crippen LogP contribution is -2.49. The molecule has 0 bridgehead atoms. The van der Waals surface area contributed by atoms with Crippen LogP contribution >= 0.6 is 0 Å². The Kier molecular flexibility index (Phi) is 3.31. The Morgan fingerprint density at radius 2 is 1.69 bits per heavy atom. The molecule has 0 aromatic heterocycles. The van der Waals surface area contributed by atoms with Gasteiger partial charge in [-0.3, -0.25) is 0 Å². The van der Waals surface area contributed by atoms with Gasteiger partial charge >= 0.3 is 12.0 Å². The van der Waals surface area contributed by atoms with Crippen molar-refractivity contribution in [2.24, 2.45) is 0 Å². The van der Waals surface area contributed by atoms with Crippen molar-refractivity contribution in [2.75, 3.05) is 19.6 Å². The fourth-order valence-electron chi connectivity index (χ4n) is 2.52. The van der Waals surface area contributed by atoms with Crippen molar-refractivity contribution >= 4 is 12.0 Å². The highest BCUT2D eigenvalue weighted by atomic mass is 16.4. The van der Waals surface area contributed by atoms with Crippen molar-refractivity contribution < 1.29 is 14.7 Å². The smallest absolute Gasteiger partial charge is 0.326 e. The second-order valence-electron chi connectivity index (χ2n) is 4.52. The maximum Gasteiger partial charge on any atom is 0.326 e. The van der Waals surface area contributed by atoms with Crippen molar-refractivity contribution in [3.63, 3.8) is 0 Å². The molecule has 90 valence electrons. The van der Waals surface area contributed by atoms with E-state index in [1.54, 1.807) is 4.90 Å². The van der Waals surface area contributed by atoms with Gasteiger partial charge in [0.2, 0.25) is 0 Å². The molecule has 2 aliphatic heterocycles. The highest BCUT2D eigenvalue weighted by Gasteiger charge is 2.36. The first kappa shape index (κ1) is 11.2. The molecule has 1 unspecified atom stereocenters. The molecule has 1 atom stereocenters. The van der Waals surface area contributed by atoms with Gasteiger partial charge in [0, 0.05) is 19.6 Å². The zero-order valence-corrected chi connectivity index (χ0v) is 9.39. The number of hydrogen-bond donors (Lipinski definition) is 1. The normalized spacial score (nSPS) is 25.9. The standard InChI is InChI=1S/C11H18N2O3/c14-10(15)9-5-4-8-13(9)11(16)12-6-2-1-3-7-12/h9H,1-8H2,(H,14,15). The maximum atomic E-state index is 12.1. The van der Waals surface area contributed by atoms with E-state index in [0.717, 1.165) is 32.4 Å². The first-order valence-electron chi connectivity index (χ1n) is 5.98. The second-order valence-corrected chi connectivity index (χ2v) is 4.52. The molecule has 0 aromatic rings. The Hall–Kier alpha value is -1.26. The molecular formula is C11H18N2O3. The summed E-state index contributed by atoms with van der Waals surface area (Å²) in [7, 11) is 0. The quantitative estimate of drug-likeness (QED) is 0.729. The molecule has 0 aliphatic carbocycles. The zero-order chi connectivity index (χ0) is 11.5. The number of urea groups is 1. The molecule has 2 heterocycles. The molecule has 0 saturated carbocycles. The number of carbonyl (C=O) groups excluding carboxylic acids is 1. The number of amides is 2. The van der Waals surface area contributed by atoms with Crippen LogP contribution in [0.15, 0.2) is 0 Å². The predicted molar refractivity (Wildman–Crippen MR) is 58.2 cm³/mol. The Morgan fingerprint density at radius 1 is 1.00 bits per heavy atom. The highest BCUT2D eigenvalue weighted by Crippen LogP contribution is 2.21. The predicted octanol–water partition coefficient (Wildman–Crippen LogP) is 1.14. The summed E-state index contributed by atoms with van der Waals surface area (Å²) in [6.45, 7) is 2.15. The summed E-state index contributed by atoms with van der Waals surface area (Å²) < 4.78 is 0. The van der Waals surface area contributed by atoms with Gasteiger partial charge in [0.15, 0.2) is 0 Å². The molecule has 0 spiro atoms. The van der Waals surface area contributed by atoms with Gasteiger partial charge in [-0.2, -0.15) is 0 Å². The van der Waals surface area contributed by atoms with E-state index in [1.165, 1.54) is 11.3 Å². The molecule has 5 nitrogen and oxygen atoms in total. The summed E-state index contributed by atoms with van der Waals surface area (Å²) in [4.78, 5) is 26.4. The summed E-state index contributed by atoms with van der Waals surface area (Å²) in [5, 5.41) is 9.02. The summed E-state index contributed by atoms with van der Waals surface area (Å²) in [5.41, 5.74) is 0. The first-order chi connectivity index (χ1) is 7.70. The van der Waals surface area contributed by atoms with Crippen LogP contribution in [0.5, 0.6) is 0 Å². The van der Waals surface area contributed by atoms with Crippen molar-refractivity contribution in [1.82, 2.24) is 9.80 Å². The van der Waals surface area contributed by atoms with E-state index in [2.05, 4.69) is 0 Å². The Labute approximate surface area is 95.0 Å². The van der Waals surface area contributed by atoms with Gasteiger partial charge in [-0.05, 0) is 32.1 Å². The van der Waals surface area contributed by atoms with Gasteiger partial charge in [-0.25, -0.2) is 9.59 Å². The number of hydrogen-bond acceptors (Lipinski definition) is 2. The lowest BCUT2D eigenvalue weighted by Gasteiger charge is -2.32. The van der Waals surface area contributed by atoms with Crippen LogP contribution < -0.4 is 0 Å². The van der Waals surface area contributed by atoms with Gasteiger partial charge in [0.25, 0.3) is 0 Å². The van der Waals surface area contributed by atoms with Crippen LogP contribution in [0.4, 0.5) is 4.79 Å². The average Bonchev–Trinajstić information content (AvgIpc) is 2.78. The van der Waals surface area contributed by atoms with Crippen LogP contribution in [0.2, 0.25) is 0 Å². The SMILES string of the molecule is O=C(O)C1CCCN1C(=O)N1CCCCC1. The van der Waals surface area contributed by atoms with Gasteiger partial charge in [-0.1, -0.05) is 0 Å². The number of carboxylic acids is 1. The van der Waals surface area contributed by atoms with Crippen molar-refractivity contribution in [1.29, 1.82) is 0 Å². The number of aliphatic carboxylic acids is 1. The molecule has 0 aromatic carbocycles. The van der Waals surface area contributed by atoms with E-state index in [1.807, 2.05) is 0 Å². The minimum absolute atomic E-state index is 0.0791. The van der Waals surface area contributed by atoms with Crippen LogP contribution in [-0.4, -0.2) is 52.6 Å². The third-order valence-electron chi connectivity index (χ3n) is 3.41. The molecule has 16 heavy (non-hydrogen) atoms. The number of rotatable bonds is 1. The highest BCUT2D eigenvalue weighted by molar-refractivity contribution is 5.83. The van der Waals surface area contributed by atoms with E-state index in [9.17, 15) is 9.59 Å². The first-order valence-corrected chi connectivity index (χ1v) is 5.98. The van der Waals surface area contributed by atoms with Crippen LogP contribution in [0.1, 0.15) is 32.1 Å². The molecule has 2 saturated heterocycles. The van der Waals surface area contributed by atoms with Crippen molar-refractivity contribution in [2.45, 2.75) is 38.1 Å². The van der Waals surface area contributed by atoms with Crippen molar-refractivity contribution in [3.05, 3.63) is 0 Å². The molecule has 1 N–H and O–H groups in total. The Morgan fingerprint density at radius 3 is 2.31 bits per heavy atom. The second kappa shape index (κ2) is 4.72. The minimum atomic E-state index is -0.872. The van der Waals surface area contributed by atoms with E-state index >= 15 is 0 Å². The Balaban J connectivity index is 1.99. The fraction of sp³-hybridized carbons (Fsp3) is 0.818. The van der Waals surface area contributed by atoms with E-state index < -0.39 is 12.0 Å². The number of carboxylic acid groups (broad SMARTS) is 1. The van der Waals surface area contributed by atoms with Gasteiger partial charge in [0.1, 0.15) is 6.04 Å². The molecule has 2 fully saturated rings. The summed E-state index contributed by atoms with van der Waals surface area (Å²) >= 11 is 0. The summed E-state index contributed by atoms with van der Waals surface area (Å²) in [6.07, 6.45) is 4.65. The number of carbonyl (C=O) groups is 2. The van der Waals surface area contributed by atoms with Gasteiger partial charge in [-0.15, -0.1) is 0 Å². The van der Waals surface area contributed by atoms with E-state index in [-0.39, 0.29) is 6.03 Å². The largest absolute Gasteiger partial charge is 0.480 e. The third kappa shape index (κ3) is 2.13. The zero-order valence-electron chi connectivity index (χ0n) is 9.39. The average molecular weight is 226 g/mol. The van der Waals surface area contributed by atoms with Crippen molar-refractivity contribution in [3.8, 4) is 0 Å². The molecule has 5 heteroatoms. The molecule has 0 radical (unpaired) electrons. The van der Waals surface area contributed by atoms with Crippen LogP contribution in [0, 0.1) is 0 Å². The molecule has 2 rings (SSSR count). The van der Waals surface area contributed by atoms with Gasteiger partial charge < -0.3 is 14.9 Å². The third-order valence-corrected chi connectivity index (χ3v) is 3.41. The van der Waals surface area contributed by atoms with E-state index in [4.69, 9.17) is 5.11 Å². The molecular weight excluding hydrogens is 208 g/mol. The van der Waals surface area contributed by atoms with Crippen LogP contribution in [-0.2, 0) is 4.79 Å². The number of likely N-dealkylation sites (tertiary alicyclic amines) is 2.